The van der Waals surface area contributed by atoms with Gasteiger partial charge in [-0.2, -0.15) is 0 Å². The zero-order chi connectivity index (χ0) is 14.1. The smallest absolute Gasteiger partial charge is 0.308 e. The van der Waals surface area contributed by atoms with Crippen molar-refractivity contribution in [3.05, 3.63) is 30.3 Å². The predicted molar refractivity (Wildman–Crippen MR) is 73.2 cm³/mol. The number of carbonyl (C=O) groups excluding carboxylic acids is 1. The maximum Gasteiger partial charge on any atom is 0.308 e. The van der Waals surface area contributed by atoms with Crippen molar-refractivity contribution in [1.29, 1.82) is 0 Å². The van der Waals surface area contributed by atoms with Crippen LogP contribution in [0.3, 0.4) is 0 Å². The molecular weight excluding hydrogens is 244 g/mol. The standard InChI is InChI=1S/C15H22O4/c1-15(2,3)19-14(16)9-10-17-11-12-18-13-7-5-4-6-8-13/h4-8H,9-12H2,1-3H3. The van der Waals surface area contributed by atoms with E-state index in [-0.39, 0.29) is 12.4 Å². The fourth-order valence-electron chi connectivity index (χ4n) is 1.39. The molecule has 0 N–H and O–H groups in total. The van der Waals surface area contributed by atoms with E-state index < -0.39 is 5.60 Å². The first kappa shape index (κ1) is 15.5. The third-order valence-corrected chi connectivity index (χ3v) is 2.11. The number of para-hydroxylation sites is 1. The summed E-state index contributed by atoms with van der Waals surface area (Å²) in [5.74, 6) is 0.578. The lowest BCUT2D eigenvalue weighted by atomic mass is 10.2. The molecule has 0 atom stereocenters. The zero-order valence-corrected chi connectivity index (χ0v) is 11.8. The Morgan fingerprint density at radius 3 is 2.37 bits per heavy atom. The molecule has 4 heteroatoms. The molecule has 0 unspecified atom stereocenters. The van der Waals surface area contributed by atoms with Crippen molar-refractivity contribution in [3.63, 3.8) is 0 Å². The van der Waals surface area contributed by atoms with Gasteiger partial charge in [0.2, 0.25) is 0 Å². The summed E-state index contributed by atoms with van der Waals surface area (Å²) in [6.07, 6.45) is 0.266. The number of hydrogen-bond acceptors (Lipinski definition) is 4. The Labute approximate surface area is 114 Å². The van der Waals surface area contributed by atoms with Gasteiger partial charge in [0.15, 0.2) is 0 Å². The van der Waals surface area contributed by atoms with Crippen molar-refractivity contribution in [2.24, 2.45) is 0 Å². The van der Waals surface area contributed by atoms with E-state index in [0.717, 1.165) is 5.75 Å². The van der Waals surface area contributed by atoms with E-state index in [1.807, 2.05) is 51.1 Å². The molecule has 0 bridgehead atoms. The summed E-state index contributed by atoms with van der Waals surface area (Å²) >= 11 is 0. The van der Waals surface area contributed by atoms with Gasteiger partial charge in [-0.1, -0.05) is 18.2 Å². The topological polar surface area (TPSA) is 44.8 Å². The van der Waals surface area contributed by atoms with Gasteiger partial charge >= 0.3 is 5.97 Å². The van der Waals surface area contributed by atoms with Crippen LogP contribution < -0.4 is 4.74 Å². The Morgan fingerprint density at radius 2 is 1.74 bits per heavy atom. The summed E-state index contributed by atoms with van der Waals surface area (Å²) in [5.41, 5.74) is -0.437. The molecule has 4 nitrogen and oxygen atoms in total. The minimum atomic E-state index is -0.437. The van der Waals surface area contributed by atoms with Gasteiger partial charge in [-0.3, -0.25) is 4.79 Å². The van der Waals surface area contributed by atoms with Crippen molar-refractivity contribution in [3.8, 4) is 5.75 Å². The molecule has 0 saturated heterocycles. The first-order valence-electron chi connectivity index (χ1n) is 6.45. The molecule has 0 spiro atoms. The van der Waals surface area contributed by atoms with Gasteiger partial charge in [0, 0.05) is 0 Å². The summed E-state index contributed by atoms with van der Waals surface area (Å²) < 4.78 is 15.9. The predicted octanol–water partition coefficient (Wildman–Crippen LogP) is 2.81. The van der Waals surface area contributed by atoms with E-state index in [9.17, 15) is 4.79 Å². The summed E-state index contributed by atoms with van der Waals surface area (Å²) in [5, 5.41) is 0. The van der Waals surface area contributed by atoms with E-state index in [1.165, 1.54) is 0 Å². The fraction of sp³-hybridized carbons (Fsp3) is 0.533. The van der Waals surface area contributed by atoms with Crippen molar-refractivity contribution >= 4 is 5.97 Å². The zero-order valence-electron chi connectivity index (χ0n) is 11.8. The first-order chi connectivity index (χ1) is 8.97. The monoisotopic (exact) mass is 266 g/mol. The minimum Gasteiger partial charge on any atom is -0.491 e. The number of rotatable bonds is 7. The molecule has 0 aliphatic carbocycles. The maximum atomic E-state index is 11.4. The molecule has 0 fully saturated rings. The van der Waals surface area contributed by atoms with Gasteiger partial charge in [0.1, 0.15) is 18.0 Å². The van der Waals surface area contributed by atoms with Crippen LogP contribution in [-0.4, -0.2) is 31.4 Å². The molecule has 0 amide bonds. The van der Waals surface area contributed by atoms with Crippen LogP contribution in [0.4, 0.5) is 0 Å². The van der Waals surface area contributed by atoms with E-state index in [2.05, 4.69) is 0 Å². The second-order valence-electron chi connectivity index (χ2n) is 5.11. The molecule has 19 heavy (non-hydrogen) atoms. The lowest BCUT2D eigenvalue weighted by Crippen LogP contribution is -2.24. The third-order valence-electron chi connectivity index (χ3n) is 2.11. The molecular formula is C15H22O4. The normalized spacial score (nSPS) is 11.1. The number of esters is 1. The largest absolute Gasteiger partial charge is 0.491 e. The molecule has 0 aliphatic rings. The van der Waals surface area contributed by atoms with E-state index in [1.54, 1.807) is 0 Å². The van der Waals surface area contributed by atoms with E-state index in [0.29, 0.717) is 19.8 Å². The van der Waals surface area contributed by atoms with Crippen molar-refractivity contribution in [2.75, 3.05) is 19.8 Å². The number of benzene rings is 1. The van der Waals surface area contributed by atoms with Gasteiger partial charge in [0.25, 0.3) is 0 Å². The number of ether oxygens (including phenoxy) is 3. The second-order valence-corrected chi connectivity index (χ2v) is 5.11. The molecule has 106 valence electrons. The molecule has 1 aromatic rings. The Balaban J connectivity index is 2.01. The first-order valence-corrected chi connectivity index (χ1v) is 6.45. The highest BCUT2D eigenvalue weighted by atomic mass is 16.6. The van der Waals surface area contributed by atoms with E-state index >= 15 is 0 Å². The van der Waals surface area contributed by atoms with Gasteiger partial charge in [0.05, 0.1) is 19.6 Å². The Kier molecular flexibility index (Phi) is 6.36. The molecule has 0 saturated carbocycles. The fourth-order valence-corrected chi connectivity index (χ4v) is 1.39. The van der Waals surface area contributed by atoms with Crippen LogP contribution >= 0.6 is 0 Å². The Bertz CT molecular complexity index is 367. The molecule has 0 aromatic heterocycles. The quantitative estimate of drug-likeness (QED) is 0.562. The van der Waals surface area contributed by atoms with Gasteiger partial charge in [-0.25, -0.2) is 0 Å². The molecule has 0 aliphatic heterocycles. The number of carbonyl (C=O) groups is 1. The van der Waals surface area contributed by atoms with Gasteiger partial charge in [-0.15, -0.1) is 0 Å². The van der Waals surface area contributed by atoms with Crippen LogP contribution in [-0.2, 0) is 14.3 Å². The van der Waals surface area contributed by atoms with E-state index in [4.69, 9.17) is 14.2 Å². The summed E-state index contributed by atoms with van der Waals surface area (Å²) in [4.78, 5) is 11.4. The van der Waals surface area contributed by atoms with Gasteiger partial charge in [-0.05, 0) is 32.9 Å². The lowest BCUT2D eigenvalue weighted by Gasteiger charge is -2.19. The van der Waals surface area contributed by atoms with Crippen molar-refractivity contribution in [1.82, 2.24) is 0 Å². The minimum absolute atomic E-state index is 0.239. The average Bonchev–Trinajstić information content (AvgIpc) is 2.32. The van der Waals surface area contributed by atoms with Crippen LogP contribution in [0.25, 0.3) is 0 Å². The number of hydrogen-bond donors (Lipinski definition) is 0. The SMILES string of the molecule is CC(C)(C)OC(=O)CCOCCOc1ccccc1. The molecule has 1 rings (SSSR count). The molecule has 0 heterocycles. The van der Waals surface area contributed by atoms with Crippen molar-refractivity contribution < 1.29 is 19.0 Å². The van der Waals surface area contributed by atoms with Gasteiger partial charge < -0.3 is 14.2 Å². The van der Waals surface area contributed by atoms with Crippen molar-refractivity contribution in [2.45, 2.75) is 32.8 Å². The third kappa shape index (κ3) is 8.21. The molecule has 0 radical (unpaired) electrons. The van der Waals surface area contributed by atoms with Crippen LogP contribution in [0.1, 0.15) is 27.2 Å². The lowest BCUT2D eigenvalue weighted by molar-refractivity contribution is -0.156. The molecule has 1 aromatic carbocycles. The average molecular weight is 266 g/mol. The summed E-state index contributed by atoms with van der Waals surface area (Å²) in [6, 6.07) is 9.54. The summed E-state index contributed by atoms with van der Waals surface area (Å²) in [7, 11) is 0. The highest BCUT2D eigenvalue weighted by molar-refractivity contribution is 5.69. The van der Waals surface area contributed by atoms with Crippen LogP contribution in [0.5, 0.6) is 5.75 Å². The Hall–Kier alpha value is -1.55. The van der Waals surface area contributed by atoms with Crippen LogP contribution in [0.15, 0.2) is 30.3 Å². The second kappa shape index (κ2) is 7.79. The Morgan fingerprint density at radius 1 is 1.05 bits per heavy atom. The summed E-state index contributed by atoms with van der Waals surface area (Å²) in [6.45, 7) is 6.82. The van der Waals surface area contributed by atoms with Crippen LogP contribution in [0.2, 0.25) is 0 Å². The van der Waals surface area contributed by atoms with Crippen LogP contribution in [0, 0.1) is 0 Å². The highest BCUT2D eigenvalue weighted by Gasteiger charge is 2.15. The highest BCUT2D eigenvalue weighted by Crippen LogP contribution is 2.09. The maximum absolute atomic E-state index is 11.4.